The molecule has 0 fully saturated rings. The van der Waals surface area contributed by atoms with Gasteiger partial charge < -0.3 is 10.2 Å². The van der Waals surface area contributed by atoms with Gasteiger partial charge in [-0.2, -0.15) is 0 Å². The second-order valence-electron chi connectivity index (χ2n) is 5.53. The van der Waals surface area contributed by atoms with E-state index in [2.05, 4.69) is 52.6 Å². The molecular formula is C18H15N3S. The molecule has 0 aliphatic carbocycles. The SMILES string of the molecule is CN(Cc1ccncc1)c1ccc2c3c(cccc13)C(=S)N2. The van der Waals surface area contributed by atoms with Gasteiger partial charge in [0.15, 0.2) is 0 Å². The first-order valence-electron chi connectivity index (χ1n) is 7.21. The summed E-state index contributed by atoms with van der Waals surface area (Å²) in [6.45, 7) is 0.846. The molecule has 0 unspecified atom stereocenters. The number of nitrogens with zero attached hydrogens (tertiary/aromatic N) is 2. The van der Waals surface area contributed by atoms with E-state index in [0.717, 1.165) is 22.8 Å². The number of thiocarbonyl (C=S) groups is 1. The van der Waals surface area contributed by atoms with Crippen molar-refractivity contribution in [1.29, 1.82) is 0 Å². The summed E-state index contributed by atoms with van der Waals surface area (Å²) in [6, 6.07) is 14.7. The van der Waals surface area contributed by atoms with Crippen molar-refractivity contribution < 1.29 is 0 Å². The second kappa shape index (κ2) is 5.07. The van der Waals surface area contributed by atoms with Crippen molar-refractivity contribution in [2.24, 2.45) is 0 Å². The number of anilines is 2. The van der Waals surface area contributed by atoms with Gasteiger partial charge in [0.2, 0.25) is 0 Å². The largest absolute Gasteiger partial charge is 0.370 e. The van der Waals surface area contributed by atoms with E-state index in [1.165, 1.54) is 22.0 Å². The molecule has 0 atom stereocenters. The minimum Gasteiger partial charge on any atom is -0.370 e. The topological polar surface area (TPSA) is 28.2 Å². The summed E-state index contributed by atoms with van der Waals surface area (Å²) in [7, 11) is 2.12. The first-order chi connectivity index (χ1) is 10.7. The zero-order valence-corrected chi connectivity index (χ0v) is 13.0. The van der Waals surface area contributed by atoms with Gasteiger partial charge >= 0.3 is 0 Å². The van der Waals surface area contributed by atoms with Crippen LogP contribution >= 0.6 is 12.2 Å². The Bertz CT molecular complexity index is 874. The molecule has 3 aromatic rings. The summed E-state index contributed by atoms with van der Waals surface area (Å²) in [5, 5.41) is 5.75. The van der Waals surface area contributed by atoms with Crippen LogP contribution in [-0.4, -0.2) is 17.0 Å². The maximum atomic E-state index is 5.42. The molecule has 0 radical (unpaired) electrons. The van der Waals surface area contributed by atoms with Gasteiger partial charge in [0.25, 0.3) is 0 Å². The van der Waals surface area contributed by atoms with Crippen molar-refractivity contribution in [3.8, 4) is 0 Å². The number of hydrogen-bond donors (Lipinski definition) is 1. The maximum absolute atomic E-state index is 5.42. The Hall–Kier alpha value is -2.46. The lowest BCUT2D eigenvalue weighted by atomic mass is 10.0. The highest BCUT2D eigenvalue weighted by Crippen LogP contribution is 2.38. The summed E-state index contributed by atoms with van der Waals surface area (Å²) in [6.07, 6.45) is 3.66. The molecule has 0 spiro atoms. The van der Waals surface area contributed by atoms with Crippen LogP contribution in [0.1, 0.15) is 11.1 Å². The predicted molar refractivity (Wildman–Crippen MR) is 95.6 cm³/mol. The number of pyridine rings is 1. The molecule has 108 valence electrons. The Kier molecular flexibility index (Phi) is 3.05. The van der Waals surface area contributed by atoms with Gasteiger partial charge in [-0.1, -0.05) is 30.4 Å². The molecule has 1 aliphatic rings. The van der Waals surface area contributed by atoms with E-state index in [9.17, 15) is 0 Å². The summed E-state index contributed by atoms with van der Waals surface area (Å²) >= 11 is 5.42. The van der Waals surface area contributed by atoms with Crippen LogP contribution in [0.2, 0.25) is 0 Å². The fourth-order valence-corrected chi connectivity index (χ4v) is 3.33. The molecule has 22 heavy (non-hydrogen) atoms. The van der Waals surface area contributed by atoms with Crippen LogP contribution in [0, 0.1) is 0 Å². The van der Waals surface area contributed by atoms with Crippen molar-refractivity contribution in [2.75, 3.05) is 17.3 Å². The minimum absolute atomic E-state index is 0.814. The third-order valence-corrected chi connectivity index (χ3v) is 4.41. The highest BCUT2D eigenvalue weighted by molar-refractivity contribution is 7.81. The fraction of sp³-hybridized carbons (Fsp3) is 0.111. The fourth-order valence-electron chi connectivity index (χ4n) is 3.05. The zero-order chi connectivity index (χ0) is 15.1. The highest BCUT2D eigenvalue weighted by atomic mass is 32.1. The molecule has 0 saturated carbocycles. The van der Waals surface area contributed by atoms with E-state index < -0.39 is 0 Å². The second-order valence-corrected chi connectivity index (χ2v) is 5.93. The molecule has 4 heteroatoms. The Morgan fingerprint density at radius 1 is 1.09 bits per heavy atom. The third-order valence-electron chi connectivity index (χ3n) is 4.09. The molecule has 2 aromatic carbocycles. The zero-order valence-electron chi connectivity index (χ0n) is 12.2. The number of aromatic nitrogens is 1. The van der Waals surface area contributed by atoms with Crippen LogP contribution in [0.15, 0.2) is 54.9 Å². The van der Waals surface area contributed by atoms with Gasteiger partial charge in [0, 0.05) is 53.7 Å². The van der Waals surface area contributed by atoms with Crippen molar-refractivity contribution in [3.05, 3.63) is 66.0 Å². The van der Waals surface area contributed by atoms with E-state index >= 15 is 0 Å². The van der Waals surface area contributed by atoms with Crippen LogP contribution in [0.3, 0.4) is 0 Å². The monoisotopic (exact) mass is 305 g/mol. The lowest BCUT2D eigenvalue weighted by Gasteiger charge is -2.21. The van der Waals surface area contributed by atoms with E-state index in [1.807, 2.05) is 24.5 Å². The Balaban J connectivity index is 1.80. The first-order valence-corrected chi connectivity index (χ1v) is 7.62. The molecular weight excluding hydrogens is 290 g/mol. The van der Waals surface area contributed by atoms with Crippen LogP contribution in [-0.2, 0) is 6.54 Å². The number of hydrogen-bond acceptors (Lipinski definition) is 3. The summed E-state index contributed by atoms with van der Waals surface area (Å²) in [5.41, 5.74) is 4.69. The van der Waals surface area contributed by atoms with E-state index in [4.69, 9.17) is 12.2 Å². The van der Waals surface area contributed by atoms with E-state index in [-0.39, 0.29) is 0 Å². The van der Waals surface area contributed by atoms with Crippen LogP contribution in [0.4, 0.5) is 11.4 Å². The summed E-state index contributed by atoms with van der Waals surface area (Å²) in [4.78, 5) is 7.15. The molecule has 2 heterocycles. The van der Waals surface area contributed by atoms with Crippen molar-refractivity contribution in [1.82, 2.24) is 4.98 Å². The standard InChI is InChI=1S/C18H15N3S/c1-21(11-12-7-9-19-10-8-12)16-6-5-15-17-13(16)3-2-4-14(17)18(22)20-15/h2-10H,11H2,1H3,(H,20,22). The number of nitrogens with one attached hydrogen (secondary N) is 1. The van der Waals surface area contributed by atoms with Gasteiger partial charge in [0.05, 0.1) is 0 Å². The van der Waals surface area contributed by atoms with Crippen molar-refractivity contribution in [2.45, 2.75) is 6.54 Å². The van der Waals surface area contributed by atoms with Crippen molar-refractivity contribution >= 4 is 39.4 Å². The van der Waals surface area contributed by atoms with E-state index in [0.29, 0.717) is 0 Å². The molecule has 4 rings (SSSR count). The smallest absolute Gasteiger partial charge is 0.111 e. The van der Waals surface area contributed by atoms with Crippen LogP contribution in [0.25, 0.3) is 10.8 Å². The molecule has 0 amide bonds. The first kappa shape index (κ1) is 13.2. The minimum atomic E-state index is 0.814. The van der Waals surface area contributed by atoms with Gasteiger partial charge in [-0.25, -0.2) is 0 Å². The molecule has 1 aromatic heterocycles. The maximum Gasteiger partial charge on any atom is 0.111 e. The van der Waals surface area contributed by atoms with Gasteiger partial charge in [-0.15, -0.1) is 0 Å². The highest BCUT2D eigenvalue weighted by Gasteiger charge is 2.20. The van der Waals surface area contributed by atoms with Gasteiger partial charge in [0.1, 0.15) is 4.99 Å². The summed E-state index contributed by atoms with van der Waals surface area (Å²) < 4.78 is 0. The molecule has 0 saturated heterocycles. The number of rotatable bonds is 3. The van der Waals surface area contributed by atoms with Gasteiger partial charge in [-0.3, -0.25) is 4.98 Å². The van der Waals surface area contributed by atoms with E-state index in [1.54, 1.807) is 0 Å². The normalized spacial score (nSPS) is 12.5. The molecule has 0 bridgehead atoms. The molecule has 3 nitrogen and oxygen atoms in total. The Morgan fingerprint density at radius 2 is 1.91 bits per heavy atom. The van der Waals surface area contributed by atoms with Crippen LogP contribution in [0.5, 0.6) is 0 Å². The Morgan fingerprint density at radius 3 is 2.73 bits per heavy atom. The van der Waals surface area contributed by atoms with Gasteiger partial charge in [-0.05, 0) is 29.8 Å². The Labute approximate surface area is 134 Å². The quantitative estimate of drug-likeness (QED) is 0.741. The third kappa shape index (κ3) is 2.04. The number of benzene rings is 2. The summed E-state index contributed by atoms with van der Waals surface area (Å²) in [5.74, 6) is 0. The molecule has 1 aliphatic heterocycles. The average molecular weight is 305 g/mol. The van der Waals surface area contributed by atoms with Crippen LogP contribution < -0.4 is 10.2 Å². The van der Waals surface area contributed by atoms with Crippen molar-refractivity contribution in [3.63, 3.8) is 0 Å². The molecule has 1 N–H and O–H groups in total. The lowest BCUT2D eigenvalue weighted by Crippen LogP contribution is -2.16. The lowest BCUT2D eigenvalue weighted by molar-refractivity contribution is 0.924. The predicted octanol–water partition coefficient (Wildman–Crippen LogP) is 3.97. The average Bonchev–Trinajstić information content (AvgIpc) is 2.87.